The van der Waals surface area contributed by atoms with E-state index in [9.17, 15) is 0 Å². The molecule has 20 heavy (non-hydrogen) atoms. The van der Waals surface area contributed by atoms with Gasteiger partial charge in [0.2, 0.25) is 0 Å². The minimum absolute atomic E-state index is 0.910. The van der Waals surface area contributed by atoms with Crippen molar-refractivity contribution in [2.45, 2.75) is 51.9 Å². The Balaban J connectivity index is 1.81. The molecule has 0 unspecified atom stereocenters. The third-order valence-corrected chi connectivity index (χ3v) is 4.42. The molecule has 4 nitrogen and oxygen atoms in total. The molecule has 4 heteroatoms. The minimum Gasteiger partial charge on any atom is -0.356 e. The largest absolute Gasteiger partial charge is 0.356 e. The van der Waals surface area contributed by atoms with Crippen LogP contribution < -0.4 is 9.80 Å². The lowest BCUT2D eigenvalue weighted by atomic mass is 10.1. The van der Waals surface area contributed by atoms with Crippen molar-refractivity contribution in [2.75, 3.05) is 36.0 Å². The van der Waals surface area contributed by atoms with Crippen LogP contribution in [0.25, 0.3) is 0 Å². The molecule has 3 rings (SSSR count). The first-order chi connectivity index (χ1) is 9.83. The van der Waals surface area contributed by atoms with Crippen molar-refractivity contribution in [3.05, 3.63) is 11.9 Å². The first-order valence-corrected chi connectivity index (χ1v) is 8.18. The Morgan fingerprint density at radius 2 is 1.10 bits per heavy atom. The number of aromatic nitrogens is 2. The maximum atomic E-state index is 4.68. The SMILES string of the molecule is Cc1nc(N2CCCCCC2)cc(N2CCCCC2)n1. The van der Waals surface area contributed by atoms with E-state index in [0.29, 0.717) is 0 Å². The molecule has 3 heterocycles. The second-order valence-electron chi connectivity index (χ2n) is 6.08. The van der Waals surface area contributed by atoms with Crippen molar-refractivity contribution in [1.29, 1.82) is 0 Å². The number of rotatable bonds is 2. The zero-order valence-electron chi connectivity index (χ0n) is 12.6. The molecule has 0 N–H and O–H groups in total. The average Bonchev–Trinajstić information content (AvgIpc) is 2.77. The van der Waals surface area contributed by atoms with Crippen LogP contribution in [0.2, 0.25) is 0 Å². The molecule has 1 aromatic heterocycles. The molecule has 0 radical (unpaired) electrons. The molecule has 0 atom stereocenters. The maximum Gasteiger partial charge on any atom is 0.134 e. The van der Waals surface area contributed by atoms with Gasteiger partial charge in [0.15, 0.2) is 0 Å². The fourth-order valence-electron chi connectivity index (χ4n) is 3.28. The first-order valence-electron chi connectivity index (χ1n) is 8.18. The van der Waals surface area contributed by atoms with E-state index in [4.69, 9.17) is 0 Å². The van der Waals surface area contributed by atoms with E-state index in [1.807, 2.05) is 6.92 Å². The van der Waals surface area contributed by atoms with Gasteiger partial charge in [0, 0.05) is 32.2 Å². The third kappa shape index (κ3) is 3.22. The molecule has 0 aromatic carbocycles. The molecular weight excluding hydrogens is 248 g/mol. The molecular formula is C16H26N4. The molecule has 2 saturated heterocycles. The molecule has 0 amide bonds. The zero-order valence-corrected chi connectivity index (χ0v) is 12.6. The van der Waals surface area contributed by atoms with Crippen LogP contribution in [0.1, 0.15) is 50.8 Å². The highest BCUT2D eigenvalue weighted by Gasteiger charge is 2.17. The fraction of sp³-hybridized carbons (Fsp3) is 0.750. The Morgan fingerprint density at radius 1 is 0.700 bits per heavy atom. The van der Waals surface area contributed by atoms with Crippen LogP contribution in [0.4, 0.5) is 11.6 Å². The molecule has 1 aromatic rings. The summed E-state index contributed by atoms with van der Waals surface area (Å²) in [5.41, 5.74) is 0. The van der Waals surface area contributed by atoms with Gasteiger partial charge in [-0.1, -0.05) is 12.8 Å². The molecule has 2 fully saturated rings. The number of hydrogen-bond acceptors (Lipinski definition) is 4. The predicted molar refractivity (Wildman–Crippen MR) is 83.5 cm³/mol. The normalized spacial score (nSPS) is 20.9. The van der Waals surface area contributed by atoms with Gasteiger partial charge in [0.25, 0.3) is 0 Å². The highest BCUT2D eigenvalue weighted by Crippen LogP contribution is 2.24. The topological polar surface area (TPSA) is 32.3 Å². The Morgan fingerprint density at radius 3 is 1.55 bits per heavy atom. The van der Waals surface area contributed by atoms with Crippen LogP contribution in [-0.4, -0.2) is 36.1 Å². The van der Waals surface area contributed by atoms with Gasteiger partial charge in [-0.05, 0) is 39.0 Å². The van der Waals surface area contributed by atoms with E-state index in [1.54, 1.807) is 0 Å². The second kappa shape index (κ2) is 6.42. The molecule has 0 spiro atoms. The number of hydrogen-bond donors (Lipinski definition) is 0. The van der Waals surface area contributed by atoms with Crippen LogP contribution in [0.3, 0.4) is 0 Å². The number of piperidine rings is 1. The van der Waals surface area contributed by atoms with Gasteiger partial charge >= 0.3 is 0 Å². The average molecular weight is 274 g/mol. The van der Waals surface area contributed by atoms with Crippen LogP contribution in [0.15, 0.2) is 6.07 Å². The lowest BCUT2D eigenvalue weighted by Gasteiger charge is -2.29. The first kappa shape index (κ1) is 13.7. The van der Waals surface area contributed by atoms with Gasteiger partial charge in [-0.15, -0.1) is 0 Å². The van der Waals surface area contributed by atoms with Crippen LogP contribution in [0, 0.1) is 6.92 Å². The van der Waals surface area contributed by atoms with Crippen molar-refractivity contribution < 1.29 is 0 Å². The smallest absolute Gasteiger partial charge is 0.134 e. The summed E-state index contributed by atoms with van der Waals surface area (Å²) in [4.78, 5) is 14.2. The van der Waals surface area contributed by atoms with Crippen LogP contribution >= 0.6 is 0 Å². The van der Waals surface area contributed by atoms with Gasteiger partial charge in [0.1, 0.15) is 17.5 Å². The Hall–Kier alpha value is -1.32. The van der Waals surface area contributed by atoms with E-state index in [-0.39, 0.29) is 0 Å². The lowest BCUT2D eigenvalue weighted by molar-refractivity contribution is 0.572. The van der Waals surface area contributed by atoms with E-state index >= 15 is 0 Å². The minimum atomic E-state index is 0.910. The van der Waals surface area contributed by atoms with E-state index in [0.717, 1.165) is 43.6 Å². The maximum absolute atomic E-state index is 4.68. The van der Waals surface area contributed by atoms with Gasteiger partial charge < -0.3 is 9.80 Å². The van der Waals surface area contributed by atoms with Crippen molar-refractivity contribution >= 4 is 11.6 Å². The van der Waals surface area contributed by atoms with Crippen molar-refractivity contribution in [3.8, 4) is 0 Å². The van der Waals surface area contributed by atoms with Crippen molar-refractivity contribution in [3.63, 3.8) is 0 Å². The summed E-state index contributed by atoms with van der Waals surface area (Å²) in [7, 11) is 0. The highest BCUT2D eigenvalue weighted by molar-refractivity contribution is 5.51. The summed E-state index contributed by atoms with van der Waals surface area (Å²) in [6.07, 6.45) is 9.26. The molecule has 110 valence electrons. The third-order valence-electron chi connectivity index (χ3n) is 4.42. The number of anilines is 2. The number of aryl methyl sites for hydroxylation is 1. The Bertz CT molecular complexity index is 432. The summed E-state index contributed by atoms with van der Waals surface area (Å²) in [6, 6.07) is 2.21. The molecule has 0 aliphatic carbocycles. The van der Waals surface area contributed by atoms with Gasteiger partial charge in [-0.2, -0.15) is 0 Å². The monoisotopic (exact) mass is 274 g/mol. The quantitative estimate of drug-likeness (QED) is 0.829. The van der Waals surface area contributed by atoms with E-state index in [1.165, 1.54) is 44.9 Å². The van der Waals surface area contributed by atoms with Crippen molar-refractivity contribution in [2.24, 2.45) is 0 Å². The number of nitrogens with zero attached hydrogens (tertiary/aromatic N) is 4. The van der Waals surface area contributed by atoms with Gasteiger partial charge in [0.05, 0.1) is 0 Å². The summed E-state index contributed by atoms with van der Waals surface area (Å²) in [5.74, 6) is 3.18. The fourth-order valence-corrected chi connectivity index (χ4v) is 3.28. The second-order valence-corrected chi connectivity index (χ2v) is 6.08. The molecule has 2 aliphatic heterocycles. The van der Waals surface area contributed by atoms with Crippen LogP contribution in [0.5, 0.6) is 0 Å². The molecule has 0 bridgehead atoms. The highest BCUT2D eigenvalue weighted by atomic mass is 15.2. The Kier molecular flexibility index (Phi) is 4.38. The van der Waals surface area contributed by atoms with Gasteiger partial charge in [-0.25, -0.2) is 9.97 Å². The summed E-state index contributed by atoms with van der Waals surface area (Å²) in [5, 5.41) is 0. The summed E-state index contributed by atoms with van der Waals surface area (Å²) in [6.45, 7) is 6.62. The zero-order chi connectivity index (χ0) is 13.8. The Labute approximate surface area is 122 Å². The van der Waals surface area contributed by atoms with Crippen molar-refractivity contribution in [1.82, 2.24) is 9.97 Å². The van der Waals surface area contributed by atoms with E-state index < -0.39 is 0 Å². The van der Waals surface area contributed by atoms with E-state index in [2.05, 4.69) is 25.8 Å². The predicted octanol–water partition coefficient (Wildman–Crippen LogP) is 3.16. The van der Waals surface area contributed by atoms with Crippen LogP contribution in [-0.2, 0) is 0 Å². The lowest BCUT2D eigenvalue weighted by Crippen LogP contribution is -2.31. The standard InChI is InChI=1S/C16H26N4/c1-14-17-15(19-9-5-2-3-6-10-19)13-16(18-14)20-11-7-4-8-12-20/h13H,2-12H2,1H3. The molecule has 2 aliphatic rings. The summed E-state index contributed by atoms with van der Waals surface area (Å²) >= 11 is 0. The molecule has 0 saturated carbocycles. The summed E-state index contributed by atoms with van der Waals surface area (Å²) < 4.78 is 0. The van der Waals surface area contributed by atoms with Gasteiger partial charge in [-0.3, -0.25) is 0 Å².